The molecule has 1 aliphatic rings. The Hall–Kier alpha value is -4.44. The summed E-state index contributed by atoms with van der Waals surface area (Å²) in [5, 5.41) is 3.77. The first-order valence-electron chi connectivity index (χ1n) is 11.5. The molecule has 0 aliphatic carbocycles. The summed E-state index contributed by atoms with van der Waals surface area (Å²) < 4.78 is 42.5. The van der Waals surface area contributed by atoms with Gasteiger partial charge in [0.25, 0.3) is 5.91 Å². The van der Waals surface area contributed by atoms with E-state index >= 15 is 0 Å². The molecule has 0 spiro atoms. The van der Waals surface area contributed by atoms with Crippen molar-refractivity contribution in [3.05, 3.63) is 101 Å². The molecule has 0 radical (unpaired) electrons. The van der Waals surface area contributed by atoms with Crippen LogP contribution >= 0.6 is 0 Å². The lowest BCUT2D eigenvalue weighted by Crippen LogP contribution is -2.39. The molecular weight excluding hydrogens is 483 g/mol. The number of hydrogen-bond acceptors (Lipinski definition) is 4. The number of carbonyl (C=O) groups is 2. The standard InChI is InChI=1S/C27H22F3N5O2/c28-27(29,30)24-22-12-13-34(19-10-8-16(9-11-19)21-7-2-1-4-18(21)15-31)26(37)23(22)35(33-24)20-6-3-5-17(14-20)25(32)36/h1-11,14H,12-13,15,31H2,(H2,32,36). The molecule has 4 aromatic rings. The molecule has 0 unspecified atom stereocenters. The minimum Gasteiger partial charge on any atom is -0.366 e. The van der Waals surface area contributed by atoms with Gasteiger partial charge in [-0.05, 0) is 53.4 Å². The van der Waals surface area contributed by atoms with Crippen LogP contribution in [0, 0.1) is 0 Å². The average molecular weight is 506 g/mol. The van der Waals surface area contributed by atoms with Crippen molar-refractivity contribution >= 4 is 17.5 Å². The quantitative estimate of drug-likeness (QED) is 0.421. The van der Waals surface area contributed by atoms with Gasteiger partial charge in [0.15, 0.2) is 5.69 Å². The number of fused-ring (bicyclic) bond motifs is 1. The molecule has 2 amide bonds. The lowest BCUT2D eigenvalue weighted by molar-refractivity contribution is -0.141. The highest BCUT2D eigenvalue weighted by atomic mass is 19.4. The van der Waals surface area contributed by atoms with E-state index in [-0.39, 0.29) is 35.5 Å². The minimum absolute atomic E-state index is 0.0385. The molecule has 1 aliphatic heterocycles. The van der Waals surface area contributed by atoms with E-state index in [1.807, 2.05) is 36.4 Å². The normalized spacial score (nSPS) is 13.5. The zero-order chi connectivity index (χ0) is 26.3. The molecule has 188 valence electrons. The molecule has 10 heteroatoms. The fourth-order valence-electron chi connectivity index (χ4n) is 4.61. The Labute approximate surface area is 210 Å². The van der Waals surface area contributed by atoms with Crippen molar-refractivity contribution in [2.75, 3.05) is 11.4 Å². The molecule has 0 bridgehead atoms. The SMILES string of the molecule is NCc1ccccc1-c1ccc(N2CCc3c(C(F)(F)F)nn(-c4cccc(C(N)=O)c4)c3C2=O)cc1. The molecule has 7 nitrogen and oxygen atoms in total. The van der Waals surface area contributed by atoms with E-state index in [0.29, 0.717) is 12.2 Å². The fraction of sp³-hybridized carbons (Fsp3) is 0.148. The maximum atomic E-state index is 13.8. The van der Waals surface area contributed by atoms with Gasteiger partial charge in [-0.3, -0.25) is 9.59 Å². The first kappa shape index (κ1) is 24.3. The minimum atomic E-state index is -4.75. The van der Waals surface area contributed by atoms with Gasteiger partial charge in [0, 0.05) is 29.9 Å². The number of aromatic nitrogens is 2. The predicted octanol–water partition coefficient (Wildman–Crippen LogP) is 4.32. The van der Waals surface area contributed by atoms with E-state index in [2.05, 4.69) is 5.10 Å². The molecule has 0 saturated heterocycles. The van der Waals surface area contributed by atoms with Crippen molar-refractivity contribution in [1.82, 2.24) is 9.78 Å². The van der Waals surface area contributed by atoms with Crippen LogP contribution < -0.4 is 16.4 Å². The van der Waals surface area contributed by atoms with E-state index in [1.54, 1.807) is 12.1 Å². The van der Waals surface area contributed by atoms with Crippen LogP contribution in [0.15, 0.2) is 72.8 Å². The molecule has 1 aromatic heterocycles. The summed E-state index contributed by atoms with van der Waals surface area (Å²) in [4.78, 5) is 26.7. The van der Waals surface area contributed by atoms with Gasteiger partial charge in [0.1, 0.15) is 5.69 Å². The fourth-order valence-corrected chi connectivity index (χ4v) is 4.61. The largest absolute Gasteiger partial charge is 0.435 e. The monoisotopic (exact) mass is 505 g/mol. The third-order valence-electron chi connectivity index (χ3n) is 6.39. The van der Waals surface area contributed by atoms with Gasteiger partial charge < -0.3 is 16.4 Å². The van der Waals surface area contributed by atoms with Gasteiger partial charge in [0.05, 0.1) is 5.69 Å². The van der Waals surface area contributed by atoms with Crippen molar-refractivity contribution in [3.63, 3.8) is 0 Å². The van der Waals surface area contributed by atoms with Gasteiger partial charge in [-0.25, -0.2) is 4.68 Å². The number of halogens is 3. The Morgan fingerprint density at radius 3 is 2.38 bits per heavy atom. The molecular formula is C27H22F3N5O2. The Balaban J connectivity index is 1.56. The second-order valence-corrected chi connectivity index (χ2v) is 8.61. The Morgan fingerprint density at radius 2 is 1.70 bits per heavy atom. The van der Waals surface area contributed by atoms with Crippen LogP contribution in [0.1, 0.15) is 37.7 Å². The van der Waals surface area contributed by atoms with Crippen LogP contribution in [0.2, 0.25) is 0 Å². The number of amides is 2. The van der Waals surface area contributed by atoms with Gasteiger partial charge >= 0.3 is 6.18 Å². The molecule has 4 N–H and O–H groups in total. The number of anilines is 1. The van der Waals surface area contributed by atoms with Gasteiger partial charge in [-0.2, -0.15) is 18.3 Å². The van der Waals surface area contributed by atoms with E-state index in [4.69, 9.17) is 11.5 Å². The number of carbonyl (C=O) groups excluding carboxylic acids is 2. The van der Waals surface area contributed by atoms with Crippen molar-refractivity contribution in [2.45, 2.75) is 19.1 Å². The number of primary amides is 1. The number of hydrogen-bond donors (Lipinski definition) is 2. The molecule has 2 heterocycles. The number of rotatable bonds is 5. The van der Waals surface area contributed by atoms with Crippen LogP contribution in [0.3, 0.4) is 0 Å². The van der Waals surface area contributed by atoms with Crippen LogP contribution in [-0.2, 0) is 19.1 Å². The van der Waals surface area contributed by atoms with Gasteiger partial charge in [-0.1, -0.05) is 42.5 Å². The summed E-state index contributed by atoms with van der Waals surface area (Å²) in [5.41, 5.74) is 13.3. The molecule has 3 aromatic carbocycles. The number of nitrogens with zero attached hydrogens (tertiary/aromatic N) is 3. The number of alkyl halides is 3. The van der Waals surface area contributed by atoms with E-state index in [0.717, 1.165) is 21.4 Å². The van der Waals surface area contributed by atoms with Crippen LogP contribution in [0.4, 0.5) is 18.9 Å². The van der Waals surface area contributed by atoms with Crippen molar-refractivity contribution < 1.29 is 22.8 Å². The van der Waals surface area contributed by atoms with E-state index in [9.17, 15) is 22.8 Å². The lowest BCUT2D eigenvalue weighted by atomic mass is 9.98. The van der Waals surface area contributed by atoms with Crippen LogP contribution in [0.25, 0.3) is 16.8 Å². The average Bonchev–Trinajstić information content (AvgIpc) is 3.30. The molecule has 0 atom stereocenters. The first-order chi connectivity index (χ1) is 17.7. The van der Waals surface area contributed by atoms with E-state index < -0.39 is 23.7 Å². The summed E-state index contributed by atoms with van der Waals surface area (Å²) in [6.45, 7) is 0.425. The zero-order valence-electron chi connectivity index (χ0n) is 19.5. The highest BCUT2D eigenvalue weighted by Crippen LogP contribution is 2.37. The highest BCUT2D eigenvalue weighted by molar-refractivity contribution is 6.07. The Morgan fingerprint density at radius 1 is 0.973 bits per heavy atom. The summed E-state index contributed by atoms with van der Waals surface area (Å²) in [7, 11) is 0. The van der Waals surface area contributed by atoms with Gasteiger partial charge in [0.2, 0.25) is 5.91 Å². The maximum absolute atomic E-state index is 13.8. The second-order valence-electron chi connectivity index (χ2n) is 8.61. The number of benzene rings is 3. The topological polar surface area (TPSA) is 107 Å². The summed E-state index contributed by atoms with van der Waals surface area (Å²) in [6.07, 6.45) is -4.79. The van der Waals surface area contributed by atoms with E-state index in [1.165, 1.54) is 29.2 Å². The molecule has 0 saturated carbocycles. The predicted molar refractivity (Wildman–Crippen MR) is 132 cm³/mol. The number of nitrogens with two attached hydrogens (primary N) is 2. The van der Waals surface area contributed by atoms with Crippen molar-refractivity contribution in [1.29, 1.82) is 0 Å². The Bertz CT molecular complexity index is 1510. The molecule has 5 rings (SSSR count). The highest BCUT2D eigenvalue weighted by Gasteiger charge is 2.43. The van der Waals surface area contributed by atoms with Crippen LogP contribution in [0.5, 0.6) is 0 Å². The third kappa shape index (κ3) is 4.36. The summed E-state index contributed by atoms with van der Waals surface area (Å²) in [6, 6.07) is 20.6. The lowest BCUT2D eigenvalue weighted by Gasteiger charge is -2.28. The van der Waals surface area contributed by atoms with Crippen molar-refractivity contribution in [2.24, 2.45) is 11.5 Å². The first-order valence-corrected chi connectivity index (χ1v) is 11.5. The third-order valence-corrected chi connectivity index (χ3v) is 6.39. The summed E-state index contributed by atoms with van der Waals surface area (Å²) in [5.74, 6) is -1.37. The molecule has 37 heavy (non-hydrogen) atoms. The molecule has 0 fully saturated rings. The van der Waals surface area contributed by atoms with Crippen molar-refractivity contribution in [3.8, 4) is 16.8 Å². The second kappa shape index (κ2) is 9.21. The Kier molecular flexibility index (Phi) is 6.04. The zero-order valence-corrected chi connectivity index (χ0v) is 19.5. The smallest absolute Gasteiger partial charge is 0.366 e. The van der Waals surface area contributed by atoms with Gasteiger partial charge in [-0.15, -0.1) is 0 Å². The maximum Gasteiger partial charge on any atom is 0.435 e. The summed E-state index contributed by atoms with van der Waals surface area (Å²) >= 11 is 0. The van der Waals surface area contributed by atoms with Crippen LogP contribution in [-0.4, -0.2) is 28.1 Å².